The van der Waals surface area contributed by atoms with Crippen LogP contribution in [0.25, 0.3) is 10.9 Å². The minimum Gasteiger partial charge on any atom is -0.484 e. The van der Waals surface area contributed by atoms with Crippen molar-refractivity contribution >= 4 is 28.3 Å². The molecular formula is C21H16N6O5. The maximum Gasteiger partial charge on any atom is 0.374 e. The van der Waals surface area contributed by atoms with Gasteiger partial charge in [0.25, 0.3) is 5.91 Å². The van der Waals surface area contributed by atoms with Crippen LogP contribution in [0.15, 0.2) is 73.2 Å². The zero-order chi connectivity index (χ0) is 22.3. The Balaban J connectivity index is 1.50. The molecular weight excluding hydrogens is 416 g/mol. The van der Waals surface area contributed by atoms with E-state index < -0.39 is 16.5 Å². The van der Waals surface area contributed by atoms with Gasteiger partial charge in [-0.2, -0.15) is 4.98 Å². The number of carbonyl (C=O) groups excluding carboxylic acids is 1. The number of pyridine rings is 1. The van der Waals surface area contributed by atoms with E-state index in [-0.39, 0.29) is 24.1 Å². The van der Waals surface area contributed by atoms with Crippen LogP contribution in [0.3, 0.4) is 0 Å². The molecule has 0 saturated heterocycles. The van der Waals surface area contributed by atoms with Crippen LogP contribution in [0.5, 0.6) is 17.4 Å². The molecule has 4 aromatic rings. The molecule has 0 bridgehead atoms. The normalized spacial score (nSPS) is 10.4. The molecule has 0 fully saturated rings. The molecule has 160 valence electrons. The van der Waals surface area contributed by atoms with E-state index >= 15 is 0 Å². The largest absolute Gasteiger partial charge is 0.484 e. The summed E-state index contributed by atoms with van der Waals surface area (Å²) in [4.78, 5) is 35.0. The SMILES string of the molecule is O=C(COc1ccccc1)NNc1ncnc(Oc2cccc3cccnc23)c1[N+](=O)[O-]. The summed E-state index contributed by atoms with van der Waals surface area (Å²) in [5.74, 6) is -0.324. The molecule has 2 aromatic heterocycles. The summed E-state index contributed by atoms with van der Waals surface area (Å²) in [6.07, 6.45) is 2.67. The van der Waals surface area contributed by atoms with Gasteiger partial charge in [-0.15, -0.1) is 0 Å². The summed E-state index contributed by atoms with van der Waals surface area (Å²) in [6, 6.07) is 17.5. The Morgan fingerprint density at radius 3 is 2.62 bits per heavy atom. The predicted octanol–water partition coefficient (Wildman–Crippen LogP) is 3.25. The minimum absolute atomic E-state index is 0.249. The van der Waals surface area contributed by atoms with E-state index in [9.17, 15) is 14.9 Å². The molecule has 0 atom stereocenters. The number of rotatable bonds is 8. The predicted molar refractivity (Wildman–Crippen MR) is 114 cm³/mol. The third kappa shape index (κ3) is 4.67. The summed E-state index contributed by atoms with van der Waals surface area (Å²) in [5, 5.41) is 12.5. The highest BCUT2D eigenvalue weighted by molar-refractivity contribution is 5.84. The second-order valence-corrected chi connectivity index (χ2v) is 6.34. The Bertz CT molecular complexity index is 1260. The van der Waals surface area contributed by atoms with Crippen molar-refractivity contribution < 1.29 is 19.2 Å². The van der Waals surface area contributed by atoms with Gasteiger partial charge in [-0.25, -0.2) is 4.98 Å². The average molecular weight is 432 g/mol. The third-order valence-electron chi connectivity index (χ3n) is 4.21. The van der Waals surface area contributed by atoms with Crippen LogP contribution in [0, 0.1) is 10.1 Å². The number of aromatic nitrogens is 3. The number of fused-ring (bicyclic) bond motifs is 1. The lowest BCUT2D eigenvalue weighted by molar-refractivity contribution is -0.385. The highest BCUT2D eigenvalue weighted by Crippen LogP contribution is 2.35. The number of anilines is 1. The van der Waals surface area contributed by atoms with Crippen LogP contribution in [-0.4, -0.2) is 32.4 Å². The number of nitro groups is 1. The lowest BCUT2D eigenvalue weighted by Crippen LogP contribution is -2.34. The first-order valence-corrected chi connectivity index (χ1v) is 9.35. The number of nitrogens with zero attached hydrogens (tertiary/aromatic N) is 4. The zero-order valence-electron chi connectivity index (χ0n) is 16.5. The fraction of sp³-hybridized carbons (Fsp3) is 0.0476. The maximum absolute atomic E-state index is 12.0. The number of hydrazine groups is 1. The number of para-hydroxylation sites is 2. The van der Waals surface area contributed by atoms with Gasteiger partial charge in [0.2, 0.25) is 5.82 Å². The van der Waals surface area contributed by atoms with E-state index in [1.165, 1.54) is 0 Å². The third-order valence-corrected chi connectivity index (χ3v) is 4.21. The van der Waals surface area contributed by atoms with E-state index in [1.807, 2.05) is 18.2 Å². The molecule has 2 N–H and O–H groups in total. The number of carbonyl (C=O) groups is 1. The molecule has 11 nitrogen and oxygen atoms in total. The number of hydrogen-bond acceptors (Lipinski definition) is 9. The number of ether oxygens (including phenoxy) is 2. The van der Waals surface area contributed by atoms with Crippen molar-refractivity contribution in [1.29, 1.82) is 0 Å². The maximum atomic E-state index is 12.0. The molecule has 0 unspecified atom stereocenters. The Morgan fingerprint density at radius 1 is 1.00 bits per heavy atom. The van der Waals surface area contributed by atoms with E-state index in [0.717, 1.165) is 11.7 Å². The van der Waals surface area contributed by atoms with E-state index in [4.69, 9.17) is 9.47 Å². The fourth-order valence-electron chi connectivity index (χ4n) is 2.79. The smallest absolute Gasteiger partial charge is 0.374 e. The second kappa shape index (κ2) is 9.34. The van der Waals surface area contributed by atoms with Gasteiger partial charge in [0.05, 0.1) is 4.92 Å². The van der Waals surface area contributed by atoms with Gasteiger partial charge in [0, 0.05) is 11.6 Å². The minimum atomic E-state index is -0.706. The summed E-state index contributed by atoms with van der Waals surface area (Å²) >= 11 is 0. The second-order valence-electron chi connectivity index (χ2n) is 6.34. The molecule has 1 amide bonds. The first-order valence-electron chi connectivity index (χ1n) is 9.35. The summed E-state index contributed by atoms with van der Waals surface area (Å²) in [7, 11) is 0. The van der Waals surface area contributed by atoms with Gasteiger partial charge in [0.1, 0.15) is 17.6 Å². The topological polar surface area (TPSA) is 141 Å². The highest BCUT2D eigenvalue weighted by atomic mass is 16.6. The molecule has 4 rings (SSSR count). The highest BCUT2D eigenvalue weighted by Gasteiger charge is 2.26. The van der Waals surface area contributed by atoms with Gasteiger partial charge in [-0.3, -0.25) is 30.7 Å². The molecule has 32 heavy (non-hydrogen) atoms. The lowest BCUT2D eigenvalue weighted by atomic mass is 10.2. The van der Waals surface area contributed by atoms with Gasteiger partial charge >= 0.3 is 11.6 Å². The molecule has 0 aliphatic heterocycles. The summed E-state index contributed by atoms with van der Waals surface area (Å²) in [5.41, 5.74) is 4.70. The van der Waals surface area contributed by atoms with E-state index in [0.29, 0.717) is 11.3 Å². The van der Waals surface area contributed by atoms with Crippen LogP contribution >= 0.6 is 0 Å². The number of benzene rings is 2. The van der Waals surface area contributed by atoms with Crippen molar-refractivity contribution in [2.75, 3.05) is 12.0 Å². The number of nitrogens with one attached hydrogen (secondary N) is 2. The molecule has 0 aliphatic rings. The van der Waals surface area contributed by atoms with Gasteiger partial charge in [-0.05, 0) is 24.3 Å². The van der Waals surface area contributed by atoms with Crippen LogP contribution in [0.1, 0.15) is 0 Å². The molecule has 11 heteroatoms. The summed E-state index contributed by atoms with van der Waals surface area (Å²) < 4.78 is 11.0. The Kier molecular flexibility index (Phi) is 5.98. The van der Waals surface area contributed by atoms with Crippen molar-refractivity contribution in [2.24, 2.45) is 0 Å². The van der Waals surface area contributed by atoms with Gasteiger partial charge < -0.3 is 9.47 Å². The van der Waals surface area contributed by atoms with Crippen LogP contribution in [0.4, 0.5) is 11.5 Å². The number of amides is 1. The van der Waals surface area contributed by atoms with Crippen LogP contribution in [0.2, 0.25) is 0 Å². The van der Waals surface area contributed by atoms with E-state index in [1.54, 1.807) is 48.7 Å². The van der Waals surface area contributed by atoms with Crippen LogP contribution in [-0.2, 0) is 4.79 Å². The average Bonchev–Trinajstić information content (AvgIpc) is 2.82. The Morgan fingerprint density at radius 2 is 1.81 bits per heavy atom. The van der Waals surface area contributed by atoms with Crippen molar-refractivity contribution in [3.8, 4) is 17.4 Å². The summed E-state index contributed by atoms with van der Waals surface area (Å²) in [6.45, 7) is -0.305. The standard InChI is InChI=1S/C21H16N6O5/c28-17(12-31-15-8-2-1-3-9-15)25-26-20-19(27(29)30)21(24-13-23-20)32-16-10-4-6-14-7-5-11-22-18(14)16/h1-11,13H,12H2,(H,25,28)(H,23,24,26). The van der Waals surface area contributed by atoms with Crippen molar-refractivity contribution in [3.05, 3.63) is 83.3 Å². The Hall–Kier alpha value is -4.80. The number of hydrogen-bond donors (Lipinski definition) is 2. The first-order chi connectivity index (χ1) is 15.6. The van der Waals surface area contributed by atoms with Gasteiger partial charge in [-0.1, -0.05) is 36.4 Å². The van der Waals surface area contributed by atoms with Crippen molar-refractivity contribution in [2.45, 2.75) is 0 Å². The Labute approximate surface area is 181 Å². The molecule has 2 heterocycles. The zero-order valence-corrected chi connectivity index (χ0v) is 16.5. The monoisotopic (exact) mass is 432 g/mol. The molecule has 0 radical (unpaired) electrons. The molecule has 0 saturated carbocycles. The lowest BCUT2D eigenvalue weighted by Gasteiger charge is -2.11. The van der Waals surface area contributed by atoms with Crippen molar-refractivity contribution in [3.63, 3.8) is 0 Å². The first kappa shape index (κ1) is 20.5. The van der Waals surface area contributed by atoms with Gasteiger partial charge in [0.15, 0.2) is 12.4 Å². The molecule has 0 aliphatic carbocycles. The van der Waals surface area contributed by atoms with Crippen molar-refractivity contribution in [1.82, 2.24) is 20.4 Å². The molecule has 0 spiro atoms. The molecule has 2 aromatic carbocycles. The van der Waals surface area contributed by atoms with Crippen LogP contribution < -0.4 is 20.3 Å². The van der Waals surface area contributed by atoms with E-state index in [2.05, 4.69) is 25.8 Å². The quantitative estimate of drug-likeness (QED) is 0.317. The fourth-order valence-corrected chi connectivity index (χ4v) is 2.79.